The summed E-state index contributed by atoms with van der Waals surface area (Å²) in [4.78, 5) is 12.0. The second kappa shape index (κ2) is 7.95. The van der Waals surface area contributed by atoms with Gasteiger partial charge in [-0.05, 0) is 55.9 Å². The van der Waals surface area contributed by atoms with Gasteiger partial charge in [0.1, 0.15) is 0 Å². The van der Waals surface area contributed by atoms with E-state index in [2.05, 4.69) is 12.2 Å². The number of rotatable bonds is 7. The fourth-order valence-corrected chi connectivity index (χ4v) is 2.16. The molecule has 3 heteroatoms. The van der Waals surface area contributed by atoms with Crippen LogP contribution in [-0.4, -0.2) is 24.2 Å². The van der Waals surface area contributed by atoms with Crippen LogP contribution in [0.2, 0.25) is 0 Å². The summed E-state index contributed by atoms with van der Waals surface area (Å²) in [5.41, 5.74) is 3.04. The maximum absolute atomic E-state index is 12.0. The van der Waals surface area contributed by atoms with Gasteiger partial charge in [-0.3, -0.25) is 4.79 Å². The van der Waals surface area contributed by atoms with Crippen molar-refractivity contribution in [3.05, 3.63) is 34.9 Å². The summed E-state index contributed by atoms with van der Waals surface area (Å²) in [5.74, 6) is 0.340. The molecule has 1 rings (SSSR count). The third kappa shape index (κ3) is 5.03. The Morgan fingerprint density at radius 3 is 2.58 bits per heavy atom. The molecule has 0 aromatic heterocycles. The van der Waals surface area contributed by atoms with E-state index in [-0.39, 0.29) is 12.5 Å². The first-order valence-corrected chi connectivity index (χ1v) is 7.04. The van der Waals surface area contributed by atoms with E-state index in [1.165, 1.54) is 5.56 Å². The molecule has 1 unspecified atom stereocenters. The van der Waals surface area contributed by atoms with Crippen molar-refractivity contribution in [1.82, 2.24) is 5.32 Å². The molecule has 0 radical (unpaired) electrons. The first-order valence-electron chi connectivity index (χ1n) is 7.04. The third-order valence-corrected chi connectivity index (χ3v) is 3.55. The number of carbonyl (C=O) groups excluding carboxylic acids is 1. The van der Waals surface area contributed by atoms with Crippen molar-refractivity contribution in [1.29, 1.82) is 0 Å². The second-order valence-electron chi connectivity index (χ2n) is 5.18. The van der Waals surface area contributed by atoms with E-state index in [9.17, 15) is 4.79 Å². The van der Waals surface area contributed by atoms with Gasteiger partial charge in [-0.2, -0.15) is 0 Å². The SMILES string of the molecule is CCCC(CCO)CNC(=O)c1ccc(C)c(C)c1. The number of benzene rings is 1. The quantitative estimate of drug-likeness (QED) is 0.794. The summed E-state index contributed by atoms with van der Waals surface area (Å²) < 4.78 is 0. The minimum Gasteiger partial charge on any atom is -0.396 e. The number of amides is 1. The highest BCUT2D eigenvalue weighted by Gasteiger charge is 2.11. The Balaban J connectivity index is 2.56. The molecular formula is C16H25NO2. The van der Waals surface area contributed by atoms with E-state index in [0.29, 0.717) is 18.0 Å². The van der Waals surface area contributed by atoms with Gasteiger partial charge in [-0.15, -0.1) is 0 Å². The van der Waals surface area contributed by atoms with Crippen molar-refractivity contribution < 1.29 is 9.90 Å². The molecular weight excluding hydrogens is 238 g/mol. The first-order chi connectivity index (χ1) is 9.08. The average molecular weight is 263 g/mol. The van der Waals surface area contributed by atoms with Crippen LogP contribution < -0.4 is 5.32 Å². The number of aliphatic hydroxyl groups excluding tert-OH is 1. The van der Waals surface area contributed by atoms with Crippen LogP contribution in [-0.2, 0) is 0 Å². The Labute approximate surface area is 116 Å². The molecule has 1 aromatic carbocycles. The van der Waals surface area contributed by atoms with Crippen LogP contribution in [0.15, 0.2) is 18.2 Å². The third-order valence-electron chi connectivity index (χ3n) is 3.55. The van der Waals surface area contributed by atoms with Crippen LogP contribution >= 0.6 is 0 Å². The molecule has 0 bridgehead atoms. The number of carbonyl (C=O) groups is 1. The number of nitrogens with one attached hydrogen (secondary N) is 1. The molecule has 0 saturated carbocycles. The highest BCUT2D eigenvalue weighted by atomic mass is 16.3. The molecule has 0 aliphatic rings. The van der Waals surface area contributed by atoms with E-state index < -0.39 is 0 Å². The molecule has 2 N–H and O–H groups in total. The fourth-order valence-electron chi connectivity index (χ4n) is 2.16. The molecule has 106 valence electrons. The van der Waals surface area contributed by atoms with Crippen LogP contribution in [0.25, 0.3) is 0 Å². The lowest BCUT2D eigenvalue weighted by Crippen LogP contribution is -2.29. The van der Waals surface area contributed by atoms with Crippen molar-refractivity contribution in [2.75, 3.05) is 13.2 Å². The molecule has 0 aliphatic carbocycles. The van der Waals surface area contributed by atoms with Crippen molar-refractivity contribution in [3.63, 3.8) is 0 Å². The van der Waals surface area contributed by atoms with Gasteiger partial charge in [0, 0.05) is 18.7 Å². The lowest BCUT2D eigenvalue weighted by molar-refractivity contribution is 0.0943. The summed E-state index contributed by atoms with van der Waals surface area (Å²) in [7, 11) is 0. The molecule has 3 nitrogen and oxygen atoms in total. The highest BCUT2D eigenvalue weighted by molar-refractivity contribution is 5.94. The van der Waals surface area contributed by atoms with Crippen LogP contribution in [0.4, 0.5) is 0 Å². The van der Waals surface area contributed by atoms with Gasteiger partial charge >= 0.3 is 0 Å². The van der Waals surface area contributed by atoms with Gasteiger partial charge in [0.2, 0.25) is 0 Å². The molecule has 0 spiro atoms. The second-order valence-corrected chi connectivity index (χ2v) is 5.18. The molecule has 19 heavy (non-hydrogen) atoms. The standard InChI is InChI=1S/C16H25NO2/c1-4-5-14(8-9-18)11-17-16(19)15-7-6-12(2)13(3)10-15/h6-7,10,14,18H,4-5,8-9,11H2,1-3H3,(H,17,19). The summed E-state index contributed by atoms with van der Waals surface area (Å²) in [6.45, 7) is 6.99. The number of aryl methyl sites for hydroxylation is 2. The number of hydrogen-bond donors (Lipinski definition) is 2. The van der Waals surface area contributed by atoms with Crippen LogP contribution in [0.5, 0.6) is 0 Å². The Hall–Kier alpha value is -1.35. The molecule has 1 aromatic rings. The van der Waals surface area contributed by atoms with Gasteiger partial charge in [0.15, 0.2) is 0 Å². The van der Waals surface area contributed by atoms with E-state index in [0.717, 1.165) is 24.8 Å². The molecule has 1 amide bonds. The Morgan fingerprint density at radius 1 is 1.26 bits per heavy atom. The zero-order chi connectivity index (χ0) is 14.3. The number of hydrogen-bond acceptors (Lipinski definition) is 2. The Bertz CT molecular complexity index is 409. The maximum atomic E-state index is 12.0. The van der Waals surface area contributed by atoms with Gasteiger partial charge in [0.05, 0.1) is 0 Å². The van der Waals surface area contributed by atoms with Crippen molar-refractivity contribution in [2.45, 2.75) is 40.0 Å². The van der Waals surface area contributed by atoms with Crippen LogP contribution in [0, 0.1) is 19.8 Å². The van der Waals surface area contributed by atoms with E-state index >= 15 is 0 Å². The zero-order valence-electron chi connectivity index (χ0n) is 12.2. The Kier molecular flexibility index (Phi) is 6.57. The molecule has 0 fully saturated rings. The molecule has 0 aliphatic heterocycles. The van der Waals surface area contributed by atoms with E-state index in [4.69, 9.17) is 5.11 Å². The van der Waals surface area contributed by atoms with Crippen LogP contribution in [0.3, 0.4) is 0 Å². The van der Waals surface area contributed by atoms with Crippen LogP contribution in [0.1, 0.15) is 47.7 Å². The minimum atomic E-state index is -0.0258. The Morgan fingerprint density at radius 2 is 2.00 bits per heavy atom. The van der Waals surface area contributed by atoms with Gasteiger partial charge in [-0.25, -0.2) is 0 Å². The minimum absolute atomic E-state index is 0.0258. The van der Waals surface area contributed by atoms with E-state index in [1.54, 1.807) is 0 Å². The zero-order valence-corrected chi connectivity index (χ0v) is 12.2. The predicted molar refractivity (Wildman–Crippen MR) is 78.4 cm³/mol. The van der Waals surface area contributed by atoms with Crippen molar-refractivity contribution >= 4 is 5.91 Å². The maximum Gasteiger partial charge on any atom is 0.251 e. The van der Waals surface area contributed by atoms with Gasteiger partial charge in [-0.1, -0.05) is 19.4 Å². The summed E-state index contributed by atoms with van der Waals surface area (Å²) in [6.07, 6.45) is 2.86. The van der Waals surface area contributed by atoms with Gasteiger partial charge in [0.25, 0.3) is 5.91 Å². The predicted octanol–water partition coefficient (Wildman–Crippen LogP) is 2.83. The largest absolute Gasteiger partial charge is 0.396 e. The summed E-state index contributed by atoms with van der Waals surface area (Å²) >= 11 is 0. The molecule has 0 saturated heterocycles. The first kappa shape index (κ1) is 15.7. The lowest BCUT2D eigenvalue weighted by atomic mass is 10.00. The lowest BCUT2D eigenvalue weighted by Gasteiger charge is -2.16. The normalized spacial score (nSPS) is 12.2. The van der Waals surface area contributed by atoms with Gasteiger partial charge < -0.3 is 10.4 Å². The summed E-state index contributed by atoms with van der Waals surface area (Å²) in [6, 6.07) is 5.76. The highest BCUT2D eigenvalue weighted by Crippen LogP contribution is 2.12. The van der Waals surface area contributed by atoms with Crippen molar-refractivity contribution in [2.24, 2.45) is 5.92 Å². The molecule has 0 heterocycles. The smallest absolute Gasteiger partial charge is 0.251 e. The average Bonchev–Trinajstić information content (AvgIpc) is 2.39. The van der Waals surface area contributed by atoms with Crippen molar-refractivity contribution in [3.8, 4) is 0 Å². The summed E-state index contributed by atoms with van der Waals surface area (Å²) in [5, 5.41) is 12.0. The fraction of sp³-hybridized carbons (Fsp3) is 0.562. The topological polar surface area (TPSA) is 49.3 Å². The molecule has 1 atom stereocenters. The van der Waals surface area contributed by atoms with E-state index in [1.807, 2.05) is 32.0 Å². The number of aliphatic hydroxyl groups is 1. The monoisotopic (exact) mass is 263 g/mol.